The number of carbonyl (C=O) groups is 1. The van der Waals surface area contributed by atoms with Gasteiger partial charge in [0.1, 0.15) is 0 Å². The van der Waals surface area contributed by atoms with Crippen molar-refractivity contribution in [3.8, 4) is 0 Å². The van der Waals surface area contributed by atoms with Gasteiger partial charge in [0.15, 0.2) is 0 Å². The van der Waals surface area contributed by atoms with Gasteiger partial charge in [0.05, 0.1) is 11.8 Å². The molecule has 1 saturated heterocycles. The first-order chi connectivity index (χ1) is 9.76. The molecule has 118 valence electrons. The number of allylic oxidation sites excluding steroid dienone is 1. The van der Waals surface area contributed by atoms with Gasteiger partial charge in [-0.2, -0.15) is 0 Å². The predicted molar refractivity (Wildman–Crippen MR) is 82.0 cm³/mol. The maximum absolute atomic E-state index is 12.6. The van der Waals surface area contributed by atoms with Gasteiger partial charge in [-0.15, -0.1) is 0 Å². The van der Waals surface area contributed by atoms with Crippen molar-refractivity contribution in [3.05, 3.63) is 12.2 Å². The van der Waals surface area contributed by atoms with Gasteiger partial charge in [-0.1, -0.05) is 32.9 Å². The quantitative estimate of drug-likeness (QED) is 0.753. The van der Waals surface area contributed by atoms with Crippen LogP contribution < -0.4 is 0 Å². The number of amides is 1. The minimum Gasteiger partial charge on any atom is -0.273 e. The van der Waals surface area contributed by atoms with Gasteiger partial charge < -0.3 is 0 Å². The number of rotatable bonds is 3. The van der Waals surface area contributed by atoms with Crippen LogP contribution in [0.3, 0.4) is 0 Å². The van der Waals surface area contributed by atoms with Crippen molar-refractivity contribution < 1.29 is 13.2 Å². The zero-order valence-electron chi connectivity index (χ0n) is 13.1. The van der Waals surface area contributed by atoms with E-state index in [0.717, 1.165) is 25.7 Å². The van der Waals surface area contributed by atoms with Gasteiger partial charge in [0.2, 0.25) is 15.9 Å². The van der Waals surface area contributed by atoms with Crippen molar-refractivity contribution in [1.82, 2.24) is 4.31 Å². The Kier molecular flexibility index (Phi) is 3.28. The predicted octanol–water partition coefficient (Wildman–Crippen LogP) is 2.71. The number of hydrogen-bond donors (Lipinski definition) is 0. The van der Waals surface area contributed by atoms with Crippen molar-refractivity contribution in [2.75, 3.05) is 5.75 Å². The SMILES string of the molecule is CC/C=C/CC(=O)N1[C@@H]2C[C@H]3CC[C@]2(CS1(=O)=O)C3(C)C. The van der Waals surface area contributed by atoms with Gasteiger partial charge in [-0.05, 0) is 37.0 Å². The minimum atomic E-state index is -3.45. The summed E-state index contributed by atoms with van der Waals surface area (Å²) in [5.41, 5.74) is -0.181. The maximum Gasteiger partial charge on any atom is 0.240 e. The van der Waals surface area contributed by atoms with E-state index >= 15 is 0 Å². The van der Waals surface area contributed by atoms with E-state index in [9.17, 15) is 13.2 Å². The Bertz CT molecular complexity index is 593. The molecule has 1 amide bonds. The molecule has 1 aliphatic heterocycles. The monoisotopic (exact) mass is 311 g/mol. The Morgan fingerprint density at radius 1 is 1.33 bits per heavy atom. The average Bonchev–Trinajstić information content (AvgIpc) is 2.85. The number of nitrogens with zero attached hydrogens (tertiary/aromatic N) is 1. The number of fused-ring (bicyclic) bond motifs is 1. The summed E-state index contributed by atoms with van der Waals surface area (Å²) in [6.07, 6.45) is 7.69. The highest BCUT2D eigenvalue weighted by molar-refractivity contribution is 7.90. The molecule has 0 N–H and O–H groups in total. The number of carbonyl (C=O) groups excluding carboxylic acids is 1. The topological polar surface area (TPSA) is 54.5 Å². The Balaban J connectivity index is 1.93. The van der Waals surface area contributed by atoms with Crippen molar-refractivity contribution in [2.45, 2.75) is 58.9 Å². The van der Waals surface area contributed by atoms with Crippen LogP contribution in [0.15, 0.2) is 12.2 Å². The molecule has 0 aromatic heterocycles. The highest BCUT2D eigenvalue weighted by atomic mass is 32.2. The fourth-order valence-corrected chi connectivity index (χ4v) is 7.62. The van der Waals surface area contributed by atoms with Crippen LogP contribution in [0.4, 0.5) is 0 Å². The second-order valence-corrected chi connectivity index (χ2v) is 9.24. The van der Waals surface area contributed by atoms with Crippen LogP contribution in [0.1, 0.15) is 52.9 Å². The highest BCUT2D eigenvalue weighted by Crippen LogP contribution is 2.69. The van der Waals surface area contributed by atoms with E-state index in [2.05, 4.69) is 13.8 Å². The Morgan fingerprint density at radius 3 is 2.67 bits per heavy atom. The third kappa shape index (κ3) is 1.85. The van der Waals surface area contributed by atoms with Crippen molar-refractivity contribution in [2.24, 2.45) is 16.7 Å². The summed E-state index contributed by atoms with van der Waals surface area (Å²) in [5, 5.41) is 0. The van der Waals surface area contributed by atoms with E-state index in [0.29, 0.717) is 5.92 Å². The molecule has 3 rings (SSSR count). The zero-order valence-corrected chi connectivity index (χ0v) is 13.9. The van der Waals surface area contributed by atoms with Gasteiger partial charge in [-0.25, -0.2) is 12.7 Å². The summed E-state index contributed by atoms with van der Waals surface area (Å²) in [6.45, 7) is 6.40. The molecular formula is C16H25NO3S. The molecule has 0 unspecified atom stereocenters. The van der Waals surface area contributed by atoms with E-state index in [1.165, 1.54) is 4.31 Å². The molecule has 2 aliphatic carbocycles. The maximum atomic E-state index is 12.6. The van der Waals surface area contributed by atoms with Gasteiger partial charge >= 0.3 is 0 Å². The lowest BCUT2D eigenvalue weighted by atomic mass is 9.69. The molecule has 0 aromatic carbocycles. The summed E-state index contributed by atoms with van der Waals surface area (Å²) >= 11 is 0. The first-order valence-corrected chi connectivity index (χ1v) is 9.57. The van der Waals surface area contributed by atoms with Gasteiger partial charge in [-0.3, -0.25) is 4.79 Å². The normalized spacial score (nSPS) is 39.1. The molecule has 2 saturated carbocycles. The van der Waals surface area contributed by atoms with Crippen LogP contribution >= 0.6 is 0 Å². The largest absolute Gasteiger partial charge is 0.273 e. The molecule has 4 nitrogen and oxygen atoms in total. The van der Waals surface area contributed by atoms with E-state index in [4.69, 9.17) is 0 Å². The lowest BCUT2D eigenvalue weighted by Gasteiger charge is -2.37. The summed E-state index contributed by atoms with van der Waals surface area (Å²) in [6, 6.07) is -0.0984. The Hall–Kier alpha value is -0.840. The van der Waals surface area contributed by atoms with Crippen LogP contribution in [0.5, 0.6) is 0 Å². The fourth-order valence-electron chi connectivity index (χ4n) is 5.06. The molecule has 1 heterocycles. The molecule has 3 atom stereocenters. The van der Waals surface area contributed by atoms with E-state index in [1.54, 1.807) is 6.08 Å². The second-order valence-electron chi connectivity index (χ2n) is 7.39. The van der Waals surface area contributed by atoms with Crippen LogP contribution in [-0.4, -0.2) is 30.4 Å². The second kappa shape index (κ2) is 4.58. The molecule has 5 heteroatoms. The first kappa shape index (κ1) is 15.1. The standard InChI is InChI=1S/C16H25NO3S/c1-4-5-6-7-14(18)17-13-10-12-8-9-16(13,15(12,2)3)11-21(17,19)20/h5-6,12-13H,4,7-11H2,1-3H3/b6-5+/t12-,13-,16-/m1/s1. The lowest BCUT2D eigenvalue weighted by Crippen LogP contribution is -2.44. The zero-order chi connectivity index (χ0) is 15.5. The van der Waals surface area contributed by atoms with Crippen molar-refractivity contribution in [3.63, 3.8) is 0 Å². The summed E-state index contributed by atoms with van der Waals surface area (Å²) < 4.78 is 26.5. The molecule has 3 fully saturated rings. The third-order valence-electron chi connectivity index (χ3n) is 6.35. The Labute approximate surface area is 127 Å². The van der Waals surface area contributed by atoms with E-state index in [-0.39, 0.29) is 35.0 Å². The lowest BCUT2D eigenvalue weighted by molar-refractivity contribution is -0.128. The molecular weight excluding hydrogens is 286 g/mol. The summed E-state index contributed by atoms with van der Waals surface area (Å²) in [5.74, 6) is 0.474. The molecule has 21 heavy (non-hydrogen) atoms. The smallest absolute Gasteiger partial charge is 0.240 e. The van der Waals surface area contributed by atoms with Gasteiger partial charge in [0, 0.05) is 11.8 Å². The Morgan fingerprint density at radius 2 is 2.05 bits per heavy atom. The molecule has 0 radical (unpaired) electrons. The van der Waals surface area contributed by atoms with Crippen molar-refractivity contribution in [1.29, 1.82) is 0 Å². The molecule has 1 spiro atoms. The molecule has 3 aliphatic rings. The van der Waals surface area contributed by atoms with Crippen LogP contribution in [0, 0.1) is 16.7 Å². The fraction of sp³-hybridized carbons (Fsp3) is 0.812. The van der Waals surface area contributed by atoms with Crippen LogP contribution in [-0.2, 0) is 14.8 Å². The number of hydrogen-bond acceptors (Lipinski definition) is 3. The van der Waals surface area contributed by atoms with E-state index < -0.39 is 10.0 Å². The molecule has 0 aromatic rings. The van der Waals surface area contributed by atoms with E-state index in [1.807, 2.05) is 13.0 Å². The first-order valence-electron chi connectivity index (χ1n) is 7.96. The summed E-state index contributed by atoms with van der Waals surface area (Å²) in [7, 11) is -3.45. The minimum absolute atomic E-state index is 0.0268. The van der Waals surface area contributed by atoms with Crippen LogP contribution in [0.25, 0.3) is 0 Å². The van der Waals surface area contributed by atoms with Crippen molar-refractivity contribution >= 4 is 15.9 Å². The van der Waals surface area contributed by atoms with Crippen LogP contribution in [0.2, 0.25) is 0 Å². The molecule has 2 bridgehead atoms. The average molecular weight is 311 g/mol. The summed E-state index contributed by atoms with van der Waals surface area (Å²) in [4.78, 5) is 12.5. The highest BCUT2D eigenvalue weighted by Gasteiger charge is 2.72. The van der Waals surface area contributed by atoms with Gasteiger partial charge in [0.25, 0.3) is 0 Å². The number of sulfonamides is 1. The third-order valence-corrected chi connectivity index (χ3v) is 8.29.